The number of benzene rings is 2. The van der Waals surface area contributed by atoms with Gasteiger partial charge in [-0.2, -0.15) is 0 Å². The first-order valence-corrected chi connectivity index (χ1v) is 8.38. The summed E-state index contributed by atoms with van der Waals surface area (Å²) in [5.41, 5.74) is 4.28. The Morgan fingerprint density at radius 3 is 2.58 bits per heavy atom. The van der Waals surface area contributed by atoms with Gasteiger partial charge in [-0.25, -0.2) is 4.39 Å². The average Bonchev–Trinajstić information content (AvgIpc) is 2.66. The van der Waals surface area contributed by atoms with Gasteiger partial charge in [-0.1, -0.05) is 42.0 Å². The molecule has 0 fully saturated rings. The second-order valence-corrected chi connectivity index (χ2v) is 6.08. The molecule has 1 aromatic heterocycles. The van der Waals surface area contributed by atoms with Crippen LogP contribution < -0.4 is 10.6 Å². The molecule has 1 heterocycles. The summed E-state index contributed by atoms with van der Waals surface area (Å²) >= 11 is 0. The first kappa shape index (κ1) is 17.6. The normalized spacial score (nSPS) is 10.4. The number of pyridine rings is 1. The Bertz CT molecular complexity index is 894. The molecule has 0 aliphatic carbocycles. The molecule has 0 saturated heterocycles. The standard InChI is InChI=1S/C21H20FN3O/c1-15-3-2-4-17(11-15)14-25-21(26)20-12-19(9-10-23-20)24-13-16-5-7-18(22)8-6-16/h2-12H,13-14H2,1H3,(H,23,24)(H,25,26). The zero-order chi connectivity index (χ0) is 18.4. The number of hydrogen-bond donors (Lipinski definition) is 2. The molecular weight excluding hydrogens is 329 g/mol. The number of rotatable bonds is 6. The SMILES string of the molecule is Cc1cccc(CNC(=O)c2cc(NCc3ccc(F)cc3)ccn2)c1. The fraction of sp³-hybridized carbons (Fsp3) is 0.143. The third kappa shape index (κ3) is 4.89. The van der Waals surface area contributed by atoms with E-state index in [4.69, 9.17) is 0 Å². The molecule has 0 unspecified atom stereocenters. The van der Waals surface area contributed by atoms with Crippen LogP contribution in [-0.2, 0) is 13.1 Å². The highest BCUT2D eigenvalue weighted by Crippen LogP contribution is 2.11. The molecule has 3 rings (SSSR count). The summed E-state index contributed by atoms with van der Waals surface area (Å²) in [7, 11) is 0. The zero-order valence-corrected chi connectivity index (χ0v) is 14.5. The Hall–Kier alpha value is -3.21. The quantitative estimate of drug-likeness (QED) is 0.705. The Kier molecular flexibility index (Phi) is 5.59. The Morgan fingerprint density at radius 2 is 1.81 bits per heavy atom. The number of aryl methyl sites for hydroxylation is 1. The van der Waals surface area contributed by atoms with Gasteiger partial charge in [0.2, 0.25) is 0 Å². The van der Waals surface area contributed by atoms with Crippen molar-refractivity contribution in [2.24, 2.45) is 0 Å². The summed E-state index contributed by atoms with van der Waals surface area (Å²) < 4.78 is 12.9. The molecule has 1 amide bonds. The largest absolute Gasteiger partial charge is 0.381 e. The van der Waals surface area contributed by atoms with E-state index in [9.17, 15) is 9.18 Å². The average molecular weight is 349 g/mol. The number of amides is 1. The monoisotopic (exact) mass is 349 g/mol. The van der Waals surface area contributed by atoms with Gasteiger partial charge in [0, 0.05) is 25.0 Å². The minimum Gasteiger partial charge on any atom is -0.381 e. The Morgan fingerprint density at radius 1 is 1.00 bits per heavy atom. The molecule has 132 valence electrons. The highest BCUT2D eigenvalue weighted by Gasteiger charge is 2.08. The number of carbonyl (C=O) groups excluding carboxylic acids is 1. The second-order valence-electron chi connectivity index (χ2n) is 6.08. The lowest BCUT2D eigenvalue weighted by Crippen LogP contribution is -2.23. The molecule has 2 aromatic carbocycles. The number of nitrogens with zero attached hydrogens (tertiary/aromatic N) is 1. The lowest BCUT2D eigenvalue weighted by Gasteiger charge is -2.09. The Labute approximate surface area is 152 Å². The molecule has 0 radical (unpaired) electrons. The summed E-state index contributed by atoms with van der Waals surface area (Å²) in [5.74, 6) is -0.484. The fourth-order valence-corrected chi connectivity index (χ4v) is 2.57. The van der Waals surface area contributed by atoms with Gasteiger partial charge in [0.15, 0.2) is 0 Å². The first-order valence-electron chi connectivity index (χ1n) is 8.38. The van der Waals surface area contributed by atoms with Gasteiger partial charge >= 0.3 is 0 Å². The molecule has 0 atom stereocenters. The molecule has 4 nitrogen and oxygen atoms in total. The molecular formula is C21H20FN3O. The maximum Gasteiger partial charge on any atom is 0.270 e. The minimum absolute atomic E-state index is 0.225. The van der Waals surface area contributed by atoms with Crippen LogP contribution in [0.1, 0.15) is 27.2 Å². The third-order valence-electron chi connectivity index (χ3n) is 3.94. The van der Waals surface area contributed by atoms with Gasteiger partial charge in [0.05, 0.1) is 0 Å². The number of aromatic nitrogens is 1. The van der Waals surface area contributed by atoms with Crippen molar-refractivity contribution in [2.75, 3.05) is 5.32 Å². The molecule has 0 spiro atoms. The van der Waals surface area contributed by atoms with Crippen molar-refractivity contribution in [3.8, 4) is 0 Å². The number of hydrogen-bond acceptors (Lipinski definition) is 3. The van der Waals surface area contributed by atoms with Gasteiger partial charge in [-0.15, -0.1) is 0 Å². The highest BCUT2D eigenvalue weighted by atomic mass is 19.1. The molecule has 0 aliphatic heterocycles. The lowest BCUT2D eigenvalue weighted by atomic mass is 10.1. The van der Waals surface area contributed by atoms with Gasteiger partial charge in [-0.3, -0.25) is 9.78 Å². The maximum atomic E-state index is 12.9. The topological polar surface area (TPSA) is 54.0 Å². The van der Waals surface area contributed by atoms with E-state index in [1.807, 2.05) is 31.2 Å². The molecule has 0 aliphatic rings. The molecule has 2 N–H and O–H groups in total. The van der Waals surface area contributed by atoms with Crippen LogP contribution in [0, 0.1) is 12.7 Å². The molecule has 3 aromatic rings. The third-order valence-corrected chi connectivity index (χ3v) is 3.94. The van der Waals surface area contributed by atoms with Crippen LogP contribution in [0.5, 0.6) is 0 Å². The summed E-state index contributed by atoms with van der Waals surface area (Å²) in [5, 5.41) is 6.09. The summed E-state index contributed by atoms with van der Waals surface area (Å²) in [6.07, 6.45) is 1.59. The van der Waals surface area contributed by atoms with Crippen molar-refractivity contribution in [3.63, 3.8) is 0 Å². The van der Waals surface area contributed by atoms with Crippen LogP contribution in [0.2, 0.25) is 0 Å². The number of halogens is 1. The zero-order valence-electron chi connectivity index (χ0n) is 14.5. The smallest absolute Gasteiger partial charge is 0.270 e. The molecule has 5 heteroatoms. The van der Waals surface area contributed by atoms with Crippen LogP contribution in [0.3, 0.4) is 0 Å². The predicted octanol–water partition coefficient (Wildman–Crippen LogP) is 4.07. The maximum absolute atomic E-state index is 12.9. The summed E-state index contributed by atoms with van der Waals surface area (Å²) in [6, 6.07) is 17.8. The number of anilines is 1. The van der Waals surface area contributed by atoms with Crippen molar-refractivity contribution >= 4 is 11.6 Å². The van der Waals surface area contributed by atoms with E-state index in [-0.39, 0.29) is 11.7 Å². The number of carbonyl (C=O) groups is 1. The van der Waals surface area contributed by atoms with E-state index in [1.165, 1.54) is 12.1 Å². The molecule has 0 saturated carbocycles. The van der Waals surface area contributed by atoms with E-state index < -0.39 is 0 Å². The van der Waals surface area contributed by atoms with Crippen LogP contribution in [0.4, 0.5) is 10.1 Å². The van der Waals surface area contributed by atoms with Gasteiger partial charge in [-0.05, 0) is 42.3 Å². The minimum atomic E-state index is -0.259. The lowest BCUT2D eigenvalue weighted by molar-refractivity contribution is 0.0946. The van der Waals surface area contributed by atoms with Crippen LogP contribution in [0.25, 0.3) is 0 Å². The van der Waals surface area contributed by atoms with Crippen molar-refractivity contribution in [3.05, 3.63) is 95.1 Å². The van der Waals surface area contributed by atoms with Gasteiger partial charge in [0.1, 0.15) is 11.5 Å². The van der Waals surface area contributed by atoms with Crippen LogP contribution in [0.15, 0.2) is 66.9 Å². The van der Waals surface area contributed by atoms with Crippen molar-refractivity contribution in [2.45, 2.75) is 20.0 Å². The highest BCUT2D eigenvalue weighted by molar-refractivity contribution is 5.93. The van der Waals surface area contributed by atoms with E-state index >= 15 is 0 Å². The Balaban J connectivity index is 1.59. The molecule has 0 bridgehead atoms. The fourth-order valence-electron chi connectivity index (χ4n) is 2.57. The van der Waals surface area contributed by atoms with Crippen LogP contribution >= 0.6 is 0 Å². The van der Waals surface area contributed by atoms with Crippen molar-refractivity contribution in [1.82, 2.24) is 10.3 Å². The molecule has 26 heavy (non-hydrogen) atoms. The first-order chi connectivity index (χ1) is 12.6. The van der Waals surface area contributed by atoms with Gasteiger partial charge < -0.3 is 10.6 Å². The van der Waals surface area contributed by atoms with E-state index in [1.54, 1.807) is 30.5 Å². The van der Waals surface area contributed by atoms with Gasteiger partial charge in [0.25, 0.3) is 5.91 Å². The second kappa shape index (κ2) is 8.25. The predicted molar refractivity (Wildman–Crippen MR) is 100 cm³/mol. The van der Waals surface area contributed by atoms with E-state index in [2.05, 4.69) is 15.6 Å². The van der Waals surface area contributed by atoms with Crippen molar-refractivity contribution < 1.29 is 9.18 Å². The van der Waals surface area contributed by atoms with Crippen LogP contribution in [-0.4, -0.2) is 10.9 Å². The number of nitrogens with one attached hydrogen (secondary N) is 2. The van der Waals surface area contributed by atoms with Crippen molar-refractivity contribution in [1.29, 1.82) is 0 Å². The van der Waals surface area contributed by atoms with E-state index in [0.29, 0.717) is 18.8 Å². The van der Waals surface area contributed by atoms with E-state index in [0.717, 1.165) is 22.4 Å². The summed E-state index contributed by atoms with van der Waals surface area (Å²) in [6.45, 7) is 3.01. The summed E-state index contributed by atoms with van der Waals surface area (Å²) in [4.78, 5) is 16.5.